The fourth-order valence-corrected chi connectivity index (χ4v) is 1.51. The van der Waals surface area contributed by atoms with Gasteiger partial charge in [0.1, 0.15) is 0 Å². The van der Waals surface area contributed by atoms with Crippen LogP contribution in [-0.2, 0) is 14.3 Å². The topological polar surface area (TPSA) is 35.5 Å². The van der Waals surface area contributed by atoms with Gasteiger partial charge in [-0.25, -0.2) is 4.79 Å². The highest BCUT2D eigenvalue weighted by Gasteiger charge is 2.32. The summed E-state index contributed by atoms with van der Waals surface area (Å²) in [7, 11) is 1.40. The van der Waals surface area contributed by atoms with E-state index in [4.69, 9.17) is 4.74 Å². The zero-order valence-electron chi connectivity index (χ0n) is 7.92. The molecular formula is C9H16O3. The summed E-state index contributed by atoms with van der Waals surface area (Å²) in [5.41, 5.74) is -0.170. The number of ether oxygens (including phenoxy) is 2. The lowest BCUT2D eigenvalue weighted by Crippen LogP contribution is -2.39. The molecule has 3 heteroatoms. The largest absolute Gasteiger partial charge is 0.467 e. The predicted octanol–water partition coefficient (Wildman–Crippen LogP) is 1.51. The van der Waals surface area contributed by atoms with E-state index in [1.54, 1.807) is 0 Å². The summed E-state index contributed by atoms with van der Waals surface area (Å²) in [6, 6.07) is 0. The molecular weight excluding hydrogens is 156 g/mol. The molecule has 1 heterocycles. The van der Waals surface area contributed by atoms with Crippen LogP contribution in [0, 0.1) is 0 Å². The average molecular weight is 172 g/mol. The van der Waals surface area contributed by atoms with Crippen LogP contribution in [0.15, 0.2) is 0 Å². The minimum absolute atomic E-state index is 0.170. The van der Waals surface area contributed by atoms with E-state index >= 15 is 0 Å². The van der Waals surface area contributed by atoms with Gasteiger partial charge in [0.25, 0.3) is 0 Å². The van der Waals surface area contributed by atoms with Crippen molar-refractivity contribution in [1.29, 1.82) is 0 Å². The minimum Gasteiger partial charge on any atom is -0.467 e. The Hall–Kier alpha value is -0.570. The van der Waals surface area contributed by atoms with Crippen LogP contribution in [0.4, 0.5) is 0 Å². The Balaban J connectivity index is 2.52. The standard InChI is InChI=1S/C9H16O3/c1-9(2)6-4-5-7(12-9)8(10)11-3/h7H,4-6H2,1-3H3/t7-/m1/s1. The lowest BCUT2D eigenvalue weighted by atomic mass is 9.95. The van der Waals surface area contributed by atoms with E-state index in [2.05, 4.69) is 4.74 Å². The lowest BCUT2D eigenvalue weighted by molar-refractivity contribution is -0.172. The van der Waals surface area contributed by atoms with Crippen molar-refractivity contribution in [3.63, 3.8) is 0 Å². The molecule has 0 N–H and O–H groups in total. The van der Waals surface area contributed by atoms with E-state index in [1.807, 2.05) is 13.8 Å². The molecule has 0 unspecified atom stereocenters. The molecule has 3 nitrogen and oxygen atoms in total. The van der Waals surface area contributed by atoms with Crippen molar-refractivity contribution in [1.82, 2.24) is 0 Å². The highest BCUT2D eigenvalue weighted by atomic mass is 16.6. The molecule has 12 heavy (non-hydrogen) atoms. The van der Waals surface area contributed by atoms with Crippen molar-refractivity contribution in [2.75, 3.05) is 7.11 Å². The van der Waals surface area contributed by atoms with Crippen molar-refractivity contribution in [3.8, 4) is 0 Å². The summed E-state index contributed by atoms with van der Waals surface area (Å²) >= 11 is 0. The van der Waals surface area contributed by atoms with E-state index in [-0.39, 0.29) is 17.7 Å². The Labute approximate surface area is 73.0 Å². The Morgan fingerprint density at radius 1 is 1.58 bits per heavy atom. The molecule has 1 aliphatic rings. The first-order valence-corrected chi connectivity index (χ1v) is 4.31. The highest BCUT2D eigenvalue weighted by molar-refractivity contribution is 5.74. The fourth-order valence-electron chi connectivity index (χ4n) is 1.51. The number of esters is 1. The molecule has 1 aliphatic heterocycles. The molecule has 0 saturated carbocycles. The van der Waals surface area contributed by atoms with Crippen LogP contribution in [0.2, 0.25) is 0 Å². The molecule has 0 radical (unpaired) electrons. The van der Waals surface area contributed by atoms with Crippen molar-refractivity contribution < 1.29 is 14.3 Å². The van der Waals surface area contributed by atoms with Crippen LogP contribution in [0.1, 0.15) is 33.1 Å². The van der Waals surface area contributed by atoms with Gasteiger partial charge in [-0.05, 0) is 33.1 Å². The summed E-state index contributed by atoms with van der Waals surface area (Å²) in [5.74, 6) is -0.247. The maximum absolute atomic E-state index is 11.1. The summed E-state index contributed by atoms with van der Waals surface area (Å²) < 4.78 is 10.2. The van der Waals surface area contributed by atoms with Gasteiger partial charge in [0.05, 0.1) is 12.7 Å². The molecule has 70 valence electrons. The number of rotatable bonds is 1. The second-order valence-electron chi connectivity index (χ2n) is 3.78. The normalized spacial score (nSPS) is 28.1. The van der Waals surface area contributed by atoms with Gasteiger partial charge in [-0.15, -0.1) is 0 Å². The van der Waals surface area contributed by atoms with Crippen molar-refractivity contribution in [3.05, 3.63) is 0 Å². The van der Waals surface area contributed by atoms with E-state index in [9.17, 15) is 4.79 Å². The van der Waals surface area contributed by atoms with E-state index < -0.39 is 0 Å². The third-order valence-corrected chi connectivity index (χ3v) is 2.17. The second kappa shape index (κ2) is 3.44. The van der Waals surface area contributed by atoms with Crippen molar-refractivity contribution in [2.45, 2.75) is 44.8 Å². The molecule has 1 rings (SSSR count). The third-order valence-electron chi connectivity index (χ3n) is 2.17. The van der Waals surface area contributed by atoms with Gasteiger partial charge in [0, 0.05) is 0 Å². The van der Waals surface area contributed by atoms with Gasteiger partial charge in [0.15, 0.2) is 6.10 Å². The SMILES string of the molecule is COC(=O)[C@H]1CCCC(C)(C)O1. The molecule has 0 bridgehead atoms. The number of carbonyl (C=O) groups is 1. The van der Waals surface area contributed by atoms with Crippen LogP contribution in [-0.4, -0.2) is 24.8 Å². The van der Waals surface area contributed by atoms with E-state index in [0.29, 0.717) is 0 Å². The number of methoxy groups -OCH3 is 1. The molecule has 0 amide bonds. The quantitative estimate of drug-likeness (QED) is 0.562. The van der Waals surface area contributed by atoms with Crippen LogP contribution in [0.3, 0.4) is 0 Å². The summed E-state index contributed by atoms with van der Waals surface area (Å²) in [6.07, 6.45) is 2.49. The maximum Gasteiger partial charge on any atom is 0.334 e. The first-order valence-electron chi connectivity index (χ1n) is 4.31. The summed E-state index contributed by atoms with van der Waals surface area (Å²) in [4.78, 5) is 11.1. The Kier molecular flexibility index (Phi) is 2.73. The highest BCUT2D eigenvalue weighted by Crippen LogP contribution is 2.28. The Morgan fingerprint density at radius 2 is 2.25 bits per heavy atom. The summed E-state index contributed by atoms with van der Waals surface area (Å²) in [5, 5.41) is 0. The first-order chi connectivity index (χ1) is 5.55. The van der Waals surface area contributed by atoms with Crippen molar-refractivity contribution >= 4 is 5.97 Å². The van der Waals surface area contributed by atoms with E-state index in [1.165, 1.54) is 7.11 Å². The third kappa shape index (κ3) is 2.21. The molecule has 1 fully saturated rings. The minimum atomic E-state index is -0.348. The molecule has 0 aliphatic carbocycles. The first kappa shape index (κ1) is 9.52. The number of carbonyl (C=O) groups excluding carboxylic acids is 1. The van der Waals surface area contributed by atoms with Crippen LogP contribution < -0.4 is 0 Å². The van der Waals surface area contributed by atoms with E-state index in [0.717, 1.165) is 19.3 Å². The molecule has 0 aromatic heterocycles. The van der Waals surface area contributed by atoms with Gasteiger partial charge in [0.2, 0.25) is 0 Å². The van der Waals surface area contributed by atoms with Gasteiger partial charge < -0.3 is 9.47 Å². The van der Waals surface area contributed by atoms with Crippen LogP contribution in [0.25, 0.3) is 0 Å². The van der Waals surface area contributed by atoms with Gasteiger partial charge in [-0.2, -0.15) is 0 Å². The van der Waals surface area contributed by atoms with Gasteiger partial charge in [-0.3, -0.25) is 0 Å². The smallest absolute Gasteiger partial charge is 0.334 e. The predicted molar refractivity (Wildman–Crippen MR) is 44.8 cm³/mol. The zero-order chi connectivity index (χ0) is 9.19. The lowest BCUT2D eigenvalue weighted by Gasteiger charge is -2.34. The van der Waals surface area contributed by atoms with Crippen LogP contribution in [0.5, 0.6) is 0 Å². The Morgan fingerprint density at radius 3 is 2.75 bits per heavy atom. The number of hydrogen-bond donors (Lipinski definition) is 0. The van der Waals surface area contributed by atoms with Gasteiger partial charge >= 0.3 is 5.97 Å². The number of hydrogen-bond acceptors (Lipinski definition) is 3. The maximum atomic E-state index is 11.1. The molecule has 0 aromatic rings. The molecule has 0 spiro atoms. The van der Waals surface area contributed by atoms with Gasteiger partial charge in [-0.1, -0.05) is 0 Å². The molecule has 1 saturated heterocycles. The monoisotopic (exact) mass is 172 g/mol. The second-order valence-corrected chi connectivity index (χ2v) is 3.78. The summed E-state index contributed by atoms with van der Waals surface area (Å²) in [6.45, 7) is 4.00. The fraction of sp³-hybridized carbons (Fsp3) is 0.889. The van der Waals surface area contributed by atoms with Crippen molar-refractivity contribution in [2.24, 2.45) is 0 Å². The molecule has 0 aromatic carbocycles. The molecule has 1 atom stereocenters. The average Bonchev–Trinajstić information content (AvgIpc) is 2.01. The zero-order valence-corrected chi connectivity index (χ0v) is 7.92. The van der Waals surface area contributed by atoms with Crippen LogP contribution >= 0.6 is 0 Å². The Bertz CT molecular complexity index is 175.